The highest BCUT2D eigenvalue weighted by Gasteiger charge is 2.24. The maximum atomic E-state index is 12.9. The van der Waals surface area contributed by atoms with Crippen LogP contribution in [0.25, 0.3) is 10.6 Å². The van der Waals surface area contributed by atoms with Crippen molar-refractivity contribution in [3.8, 4) is 10.6 Å². The summed E-state index contributed by atoms with van der Waals surface area (Å²) in [4.78, 5) is 19.5. The zero-order valence-electron chi connectivity index (χ0n) is 14.0. The molecule has 1 aromatic heterocycles. The van der Waals surface area contributed by atoms with E-state index in [1.807, 2.05) is 40.6 Å². The highest BCUT2D eigenvalue weighted by Crippen LogP contribution is 2.27. The first kappa shape index (κ1) is 17.1. The molecule has 0 unspecified atom stereocenters. The fourth-order valence-electron chi connectivity index (χ4n) is 3.31. The van der Waals surface area contributed by atoms with Crippen LogP contribution in [0.1, 0.15) is 42.6 Å². The normalized spacial score (nSPS) is 14.9. The summed E-state index contributed by atoms with van der Waals surface area (Å²) in [6, 6.07) is 10.0. The van der Waals surface area contributed by atoms with Crippen LogP contribution in [0, 0.1) is 5.92 Å². The number of thiazole rings is 1. The van der Waals surface area contributed by atoms with Crippen LogP contribution in [0.4, 0.5) is 0 Å². The molecule has 0 spiro atoms. The zero-order valence-corrected chi connectivity index (χ0v) is 14.8. The zero-order chi connectivity index (χ0) is 16.8. The van der Waals surface area contributed by atoms with Gasteiger partial charge in [0.15, 0.2) is 0 Å². The molecule has 0 saturated heterocycles. The summed E-state index contributed by atoms with van der Waals surface area (Å²) in [6.07, 6.45) is 5.89. The van der Waals surface area contributed by atoms with Gasteiger partial charge in [-0.2, -0.15) is 0 Å². The van der Waals surface area contributed by atoms with Crippen molar-refractivity contribution in [2.75, 3.05) is 19.6 Å². The van der Waals surface area contributed by atoms with E-state index >= 15 is 0 Å². The van der Waals surface area contributed by atoms with Gasteiger partial charge in [0.25, 0.3) is 5.91 Å². The molecule has 0 bridgehead atoms. The first-order chi connectivity index (χ1) is 11.8. The summed E-state index contributed by atoms with van der Waals surface area (Å²) >= 11 is 1.53. The number of nitrogens with two attached hydrogens (primary N) is 1. The summed E-state index contributed by atoms with van der Waals surface area (Å²) in [5, 5.41) is 2.79. The molecule has 1 amide bonds. The number of nitrogens with zero attached hydrogens (tertiary/aromatic N) is 2. The van der Waals surface area contributed by atoms with Crippen LogP contribution in [0.5, 0.6) is 0 Å². The van der Waals surface area contributed by atoms with Gasteiger partial charge in [-0.3, -0.25) is 4.79 Å². The average molecular weight is 343 g/mol. The van der Waals surface area contributed by atoms with Crippen LogP contribution < -0.4 is 5.73 Å². The topological polar surface area (TPSA) is 59.2 Å². The number of carbonyl (C=O) groups is 1. The average Bonchev–Trinajstić information content (AvgIpc) is 3.30. The molecule has 2 aromatic rings. The van der Waals surface area contributed by atoms with Gasteiger partial charge in [0.1, 0.15) is 10.7 Å². The second-order valence-corrected chi connectivity index (χ2v) is 7.31. The van der Waals surface area contributed by atoms with Crippen LogP contribution >= 0.6 is 11.3 Å². The van der Waals surface area contributed by atoms with Crippen LogP contribution in [-0.4, -0.2) is 35.4 Å². The summed E-state index contributed by atoms with van der Waals surface area (Å²) in [6.45, 7) is 2.18. The van der Waals surface area contributed by atoms with E-state index < -0.39 is 0 Å². The van der Waals surface area contributed by atoms with E-state index in [0.29, 0.717) is 18.2 Å². The Bertz CT molecular complexity index is 650. The molecule has 1 aliphatic rings. The largest absolute Gasteiger partial charge is 0.337 e. The monoisotopic (exact) mass is 343 g/mol. The van der Waals surface area contributed by atoms with Gasteiger partial charge < -0.3 is 10.6 Å². The quantitative estimate of drug-likeness (QED) is 0.832. The molecule has 1 aromatic carbocycles. The first-order valence-corrected chi connectivity index (χ1v) is 9.66. The van der Waals surface area contributed by atoms with E-state index in [0.717, 1.165) is 30.1 Å². The molecule has 1 saturated carbocycles. The van der Waals surface area contributed by atoms with Crippen LogP contribution in [0.2, 0.25) is 0 Å². The standard InChI is InChI=1S/C19H25N3OS/c20-11-6-12-22(13-15-7-4-5-8-15)19(23)17-14-24-18(21-17)16-9-2-1-3-10-16/h1-3,9-10,14-15H,4-8,11-13,20H2. The van der Waals surface area contributed by atoms with Gasteiger partial charge in [-0.05, 0) is 31.7 Å². The Balaban J connectivity index is 1.72. The third kappa shape index (κ3) is 4.22. The lowest BCUT2D eigenvalue weighted by atomic mass is 10.1. The molecule has 1 aliphatic carbocycles. The Hall–Kier alpha value is -1.72. The molecule has 1 fully saturated rings. The predicted octanol–water partition coefficient (Wildman–Crippen LogP) is 3.79. The van der Waals surface area contributed by atoms with Gasteiger partial charge in [-0.1, -0.05) is 43.2 Å². The number of amides is 1. The van der Waals surface area contributed by atoms with Crippen molar-refractivity contribution in [3.63, 3.8) is 0 Å². The van der Waals surface area contributed by atoms with Crippen molar-refractivity contribution in [1.29, 1.82) is 0 Å². The molecule has 1 heterocycles. The van der Waals surface area contributed by atoms with E-state index in [4.69, 9.17) is 5.73 Å². The lowest BCUT2D eigenvalue weighted by Gasteiger charge is -2.25. The number of aromatic nitrogens is 1. The van der Waals surface area contributed by atoms with Crippen molar-refractivity contribution in [2.45, 2.75) is 32.1 Å². The minimum atomic E-state index is 0.0498. The van der Waals surface area contributed by atoms with E-state index in [2.05, 4.69) is 4.98 Å². The highest BCUT2D eigenvalue weighted by atomic mass is 32.1. The van der Waals surface area contributed by atoms with Crippen molar-refractivity contribution in [1.82, 2.24) is 9.88 Å². The number of rotatable bonds is 7. The van der Waals surface area contributed by atoms with Gasteiger partial charge in [0, 0.05) is 24.0 Å². The molecular weight excluding hydrogens is 318 g/mol. The third-order valence-electron chi connectivity index (χ3n) is 4.62. The second-order valence-electron chi connectivity index (χ2n) is 6.45. The van der Waals surface area contributed by atoms with Gasteiger partial charge in [-0.15, -0.1) is 11.3 Å². The lowest BCUT2D eigenvalue weighted by molar-refractivity contribution is 0.0723. The van der Waals surface area contributed by atoms with Crippen LogP contribution in [0.15, 0.2) is 35.7 Å². The van der Waals surface area contributed by atoms with E-state index in [1.54, 1.807) is 0 Å². The Morgan fingerprint density at radius 3 is 2.71 bits per heavy atom. The summed E-state index contributed by atoms with van der Waals surface area (Å²) in [7, 11) is 0. The smallest absolute Gasteiger partial charge is 0.273 e. The number of benzene rings is 1. The van der Waals surface area contributed by atoms with Crippen LogP contribution in [-0.2, 0) is 0 Å². The summed E-state index contributed by atoms with van der Waals surface area (Å²) in [5.41, 5.74) is 7.28. The summed E-state index contributed by atoms with van der Waals surface area (Å²) in [5.74, 6) is 0.688. The maximum Gasteiger partial charge on any atom is 0.273 e. The van der Waals surface area contributed by atoms with E-state index in [1.165, 1.54) is 37.0 Å². The van der Waals surface area contributed by atoms with Crippen molar-refractivity contribution >= 4 is 17.2 Å². The molecule has 24 heavy (non-hydrogen) atoms. The van der Waals surface area contributed by atoms with Crippen LogP contribution in [0.3, 0.4) is 0 Å². The Labute approximate surface area is 147 Å². The van der Waals surface area contributed by atoms with E-state index in [-0.39, 0.29) is 5.91 Å². The molecule has 5 heteroatoms. The number of hydrogen-bond acceptors (Lipinski definition) is 4. The molecule has 3 rings (SSSR count). The molecule has 128 valence electrons. The highest BCUT2D eigenvalue weighted by molar-refractivity contribution is 7.13. The molecule has 0 aliphatic heterocycles. The van der Waals surface area contributed by atoms with Gasteiger partial charge in [-0.25, -0.2) is 4.98 Å². The molecule has 0 atom stereocenters. The first-order valence-electron chi connectivity index (χ1n) is 8.78. The van der Waals surface area contributed by atoms with E-state index in [9.17, 15) is 4.79 Å². The Kier molecular flexibility index (Phi) is 5.99. The fraction of sp³-hybridized carbons (Fsp3) is 0.474. The van der Waals surface area contributed by atoms with Gasteiger partial charge in [0.05, 0.1) is 0 Å². The number of carbonyl (C=O) groups excluding carboxylic acids is 1. The minimum Gasteiger partial charge on any atom is -0.337 e. The molecule has 4 nitrogen and oxygen atoms in total. The Morgan fingerprint density at radius 2 is 2.00 bits per heavy atom. The molecular formula is C19H25N3OS. The van der Waals surface area contributed by atoms with Crippen molar-refractivity contribution < 1.29 is 4.79 Å². The van der Waals surface area contributed by atoms with Crippen molar-refractivity contribution in [2.24, 2.45) is 11.7 Å². The number of hydrogen-bond donors (Lipinski definition) is 1. The van der Waals surface area contributed by atoms with Crippen molar-refractivity contribution in [3.05, 3.63) is 41.4 Å². The minimum absolute atomic E-state index is 0.0498. The Morgan fingerprint density at radius 1 is 1.25 bits per heavy atom. The second kappa shape index (κ2) is 8.40. The molecule has 2 N–H and O–H groups in total. The molecule has 0 radical (unpaired) electrons. The van der Waals surface area contributed by atoms with Gasteiger partial charge >= 0.3 is 0 Å². The van der Waals surface area contributed by atoms with Gasteiger partial charge in [0.2, 0.25) is 0 Å². The predicted molar refractivity (Wildman–Crippen MR) is 99.1 cm³/mol. The maximum absolute atomic E-state index is 12.9. The lowest BCUT2D eigenvalue weighted by Crippen LogP contribution is -2.36. The third-order valence-corrected chi connectivity index (χ3v) is 5.51. The fourth-order valence-corrected chi connectivity index (χ4v) is 4.11. The SMILES string of the molecule is NCCCN(CC1CCCC1)C(=O)c1csc(-c2ccccc2)n1. The summed E-state index contributed by atoms with van der Waals surface area (Å²) < 4.78 is 0.